The van der Waals surface area contributed by atoms with E-state index in [0.29, 0.717) is 0 Å². The summed E-state index contributed by atoms with van der Waals surface area (Å²) >= 11 is 0. The molecule has 12 heavy (non-hydrogen) atoms. The first kappa shape index (κ1) is 10.7. The Bertz CT molecular complexity index is 243. The van der Waals surface area contributed by atoms with E-state index in [1.807, 2.05) is 51.2 Å². The predicted octanol–water partition coefficient (Wildman–Crippen LogP) is 3.80. The normalized spacial score (nSPS) is 12.1. The Labute approximate surface area is 75.3 Å². The third-order valence-electron chi connectivity index (χ3n) is 1.33. The molecule has 0 amide bonds. The first-order valence-electron chi connectivity index (χ1n) is 4.18. The molecular formula is C12H16. The van der Waals surface area contributed by atoms with Gasteiger partial charge in [-0.3, -0.25) is 0 Å². The molecule has 0 aliphatic carbocycles. The summed E-state index contributed by atoms with van der Waals surface area (Å²) in [6.07, 6.45) is 13.9. The van der Waals surface area contributed by atoms with Crippen LogP contribution >= 0.6 is 0 Å². The second kappa shape index (κ2) is 7.84. The summed E-state index contributed by atoms with van der Waals surface area (Å²) in [5, 5.41) is 0. The first-order chi connectivity index (χ1) is 5.85. The van der Waals surface area contributed by atoms with Crippen LogP contribution in [0.25, 0.3) is 0 Å². The monoisotopic (exact) mass is 160 g/mol. The molecule has 0 nitrogen and oxygen atoms in total. The Kier molecular flexibility index (Phi) is 7.02. The summed E-state index contributed by atoms with van der Waals surface area (Å²) in [5.74, 6) is 0. The quantitative estimate of drug-likeness (QED) is 0.435. The van der Waals surface area contributed by atoms with E-state index < -0.39 is 0 Å². The largest absolute Gasteiger partial charge is 0.120 e. The van der Waals surface area contributed by atoms with E-state index in [2.05, 4.69) is 17.9 Å². The van der Waals surface area contributed by atoms with Crippen LogP contribution in [-0.4, -0.2) is 0 Å². The summed E-state index contributed by atoms with van der Waals surface area (Å²) in [4.78, 5) is 0. The van der Waals surface area contributed by atoms with Crippen molar-refractivity contribution >= 4 is 0 Å². The second-order valence-corrected chi connectivity index (χ2v) is 2.29. The molecule has 0 atom stereocenters. The van der Waals surface area contributed by atoms with Crippen LogP contribution in [0.15, 0.2) is 53.8 Å². The molecule has 0 rings (SSSR count). The highest BCUT2D eigenvalue weighted by atomic mass is 13.8. The van der Waals surface area contributed by atoms with Gasteiger partial charge in [0.15, 0.2) is 0 Å². The van der Waals surface area contributed by atoms with Crippen molar-refractivity contribution in [1.29, 1.82) is 0 Å². The predicted molar refractivity (Wildman–Crippen MR) is 56.0 cm³/mol. The molecule has 0 saturated heterocycles. The fraction of sp³-hybridized carbons (Fsp3) is 0.250. The summed E-state index contributed by atoms with van der Waals surface area (Å²) in [5.41, 5.74) is 4.24. The molecule has 0 aromatic carbocycles. The van der Waals surface area contributed by atoms with E-state index in [9.17, 15) is 0 Å². The van der Waals surface area contributed by atoms with Crippen LogP contribution in [0.1, 0.15) is 20.8 Å². The van der Waals surface area contributed by atoms with Gasteiger partial charge in [-0.25, -0.2) is 0 Å². The van der Waals surface area contributed by atoms with Crippen LogP contribution in [0.2, 0.25) is 0 Å². The zero-order valence-corrected chi connectivity index (χ0v) is 8.04. The maximum atomic E-state index is 3.07. The van der Waals surface area contributed by atoms with Gasteiger partial charge in [0.2, 0.25) is 0 Å². The fourth-order valence-corrected chi connectivity index (χ4v) is 0.716. The molecule has 0 heteroatoms. The molecule has 0 aromatic rings. The average molecular weight is 160 g/mol. The second-order valence-electron chi connectivity index (χ2n) is 2.29. The highest BCUT2D eigenvalue weighted by Crippen LogP contribution is 1.97. The van der Waals surface area contributed by atoms with Gasteiger partial charge in [0.1, 0.15) is 0 Å². The molecule has 0 N–H and O–H groups in total. The fourth-order valence-electron chi connectivity index (χ4n) is 0.716. The minimum Gasteiger partial charge on any atom is -0.120 e. The van der Waals surface area contributed by atoms with Crippen molar-refractivity contribution in [3.63, 3.8) is 0 Å². The van der Waals surface area contributed by atoms with Gasteiger partial charge < -0.3 is 0 Å². The van der Waals surface area contributed by atoms with Crippen LogP contribution in [0.5, 0.6) is 0 Å². The Morgan fingerprint density at radius 1 is 1.08 bits per heavy atom. The van der Waals surface area contributed by atoms with E-state index >= 15 is 0 Å². The Morgan fingerprint density at radius 3 is 2.33 bits per heavy atom. The van der Waals surface area contributed by atoms with Gasteiger partial charge in [0.25, 0.3) is 0 Å². The number of rotatable bonds is 3. The minimum absolute atomic E-state index is 1.18. The van der Waals surface area contributed by atoms with Crippen LogP contribution in [0.3, 0.4) is 0 Å². The molecule has 0 aliphatic heterocycles. The zero-order valence-electron chi connectivity index (χ0n) is 8.04. The number of hydrogen-bond donors (Lipinski definition) is 0. The smallest absolute Gasteiger partial charge is 0.0131 e. The molecule has 0 spiro atoms. The van der Waals surface area contributed by atoms with Gasteiger partial charge in [-0.1, -0.05) is 30.4 Å². The van der Waals surface area contributed by atoms with Crippen molar-refractivity contribution in [2.75, 3.05) is 0 Å². The third kappa shape index (κ3) is 5.52. The molecule has 0 aromatic heterocycles. The summed E-state index contributed by atoms with van der Waals surface area (Å²) in [6, 6.07) is 0. The van der Waals surface area contributed by atoms with E-state index in [1.165, 1.54) is 5.57 Å². The van der Waals surface area contributed by atoms with Crippen molar-refractivity contribution in [1.82, 2.24) is 0 Å². The van der Waals surface area contributed by atoms with Gasteiger partial charge in [-0.15, -0.1) is 5.73 Å². The molecule has 0 fully saturated rings. The van der Waals surface area contributed by atoms with Gasteiger partial charge in [0, 0.05) is 0 Å². The molecule has 0 heterocycles. The Balaban J connectivity index is 4.30. The summed E-state index contributed by atoms with van der Waals surface area (Å²) in [6.45, 7) is 6.01. The molecule has 0 unspecified atom stereocenters. The lowest BCUT2D eigenvalue weighted by molar-refractivity contribution is 1.58. The van der Waals surface area contributed by atoms with E-state index in [-0.39, 0.29) is 0 Å². The van der Waals surface area contributed by atoms with E-state index in [1.54, 1.807) is 0 Å². The van der Waals surface area contributed by atoms with E-state index in [4.69, 9.17) is 0 Å². The highest BCUT2D eigenvalue weighted by Gasteiger charge is 1.77. The van der Waals surface area contributed by atoms with Crippen LogP contribution in [0, 0.1) is 0 Å². The highest BCUT2D eigenvalue weighted by molar-refractivity contribution is 5.29. The van der Waals surface area contributed by atoms with Crippen molar-refractivity contribution in [2.45, 2.75) is 20.8 Å². The molecule has 0 aliphatic rings. The topological polar surface area (TPSA) is 0 Å². The molecule has 64 valence electrons. The summed E-state index contributed by atoms with van der Waals surface area (Å²) in [7, 11) is 0. The van der Waals surface area contributed by atoms with Crippen molar-refractivity contribution in [2.24, 2.45) is 0 Å². The molecule has 0 radical (unpaired) electrons. The number of hydrogen-bond acceptors (Lipinski definition) is 0. The van der Waals surface area contributed by atoms with Gasteiger partial charge >= 0.3 is 0 Å². The van der Waals surface area contributed by atoms with Crippen LogP contribution in [0.4, 0.5) is 0 Å². The molecular weight excluding hydrogens is 144 g/mol. The van der Waals surface area contributed by atoms with Crippen LogP contribution in [-0.2, 0) is 0 Å². The lowest BCUT2D eigenvalue weighted by atomic mass is 10.2. The van der Waals surface area contributed by atoms with Gasteiger partial charge in [-0.05, 0) is 38.5 Å². The van der Waals surface area contributed by atoms with Gasteiger partial charge in [0.05, 0.1) is 0 Å². The van der Waals surface area contributed by atoms with Gasteiger partial charge in [-0.2, -0.15) is 0 Å². The maximum absolute atomic E-state index is 3.07. The zero-order chi connectivity index (χ0) is 9.23. The molecule has 0 saturated carbocycles. The number of allylic oxidation sites excluding steroid dienone is 7. The van der Waals surface area contributed by atoms with Crippen LogP contribution < -0.4 is 0 Å². The Hall–Kier alpha value is -1.26. The third-order valence-corrected chi connectivity index (χ3v) is 1.33. The summed E-state index contributed by atoms with van der Waals surface area (Å²) < 4.78 is 0. The average Bonchev–Trinajstić information content (AvgIpc) is 2.10. The van der Waals surface area contributed by atoms with E-state index in [0.717, 1.165) is 0 Å². The van der Waals surface area contributed by atoms with Crippen molar-refractivity contribution in [3.05, 3.63) is 53.8 Å². The first-order valence-corrected chi connectivity index (χ1v) is 4.18. The maximum Gasteiger partial charge on any atom is -0.0131 e. The SMILES string of the molecule is C/C=C\C=C=CC(=C\C)/C=C/C. The Morgan fingerprint density at radius 2 is 1.83 bits per heavy atom. The van der Waals surface area contributed by atoms with Crippen molar-refractivity contribution < 1.29 is 0 Å². The molecule has 0 bridgehead atoms. The standard InChI is InChI=1S/C12H16/c1-4-7-8-9-11-12(6-3)10-5-2/h4-8,10-11H,1-3H3/b7-4-,10-5+,12-6-. The lowest BCUT2D eigenvalue weighted by Crippen LogP contribution is -1.65. The lowest BCUT2D eigenvalue weighted by Gasteiger charge is -1.85. The van der Waals surface area contributed by atoms with Crippen molar-refractivity contribution in [3.8, 4) is 0 Å². The minimum atomic E-state index is 1.18.